The van der Waals surface area contributed by atoms with E-state index in [4.69, 9.17) is 11.6 Å². The van der Waals surface area contributed by atoms with Crippen molar-refractivity contribution in [3.63, 3.8) is 0 Å². The Morgan fingerprint density at radius 1 is 1.19 bits per heavy atom. The van der Waals surface area contributed by atoms with Crippen LogP contribution in [0.2, 0.25) is 5.02 Å². The van der Waals surface area contributed by atoms with Gasteiger partial charge in [-0.25, -0.2) is 0 Å². The Kier molecular flexibility index (Phi) is 5.77. The van der Waals surface area contributed by atoms with Gasteiger partial charge in [0.25, 0.3) is 0 Å². The number of pyridine rings is 1. The van der Waals surface area contributed by atoms with Crippen molar-refractivity contribution in [1.82, 2.24) is 10.3 Å². The van der Waals surface area contributed by atoms with Crippen molar-refractivity contribution < 1.29 is 0 Å². The zero-order valence-electron chi connectivity index (χ0n) is 12.9. The first-order valence-electron chi connectivity index (χ1n) is 7.54. The molecule has 1 aromatic heterocycles. The van der Waals surface area contributed by atoms with Crippen molar-refractivity contribution in [2.24, 2.45) is 5.92 Å². The minimum absolute atomic E-state index is 0.0378. The summed E-state index contributed by atoms with van der Waals surface area (Å²) in [5, 5.41) is 4.20. The van der Waals surface area contributed by atoms with Crippen LogP contribution in [0.15, 0.2) is 42.6 Å². The van der Waals surface area contributed by atoms with Gasteiger partial charge in [0.1, 0.15) is 0 Å². The minimum atomic E-state index is 0.0378. The standard InChI is InChI=1S/C18H23ClN2/c1-4-20-17(18-16(19)9-6-10-21-18)15-8-5-7-14(12-15)11-13(2)3/h5-10,12-13,17,20H,4,11H2,1-3H3. The van der Waals surface area contributed by atoms with E-state index in [2.05, 4.69) is 55.3 Å². The maximum absolute atomic E-state index is 6.33. The summed E-state index contributed by atoms with van der Waals surface area (Å²) in [6.07, 6.45) is 2.88. The van der Waals surface area contributed by atoms with Crippen LogP contribution in [-0.4, -0.2) is 11.5 Å². The lowest BCUT2D eigenvalue weighted by molar-refractivity contribution is 0.611. The van der Waals surface area contributed by atoms with Crippen molar-refractivity contribution in [3.8, 4) is 0 Å². The Balaban J connectivity index is 2.36. The number of halogens is 1. The number of hydrogen-bond donors (Lipinski definition) is 1. The molecule has 112 valence electrons. The quantitative estimate of drug-likeness (QED) is 0.841. The van der Waals surface area contributed by atoms with Gasteiger partial charge in [-0.1, -0.05) is 56.6 Å². The summed E-state index contributed by atoms with van der Waals surface area (Å²) < 4.78 is 0. The topological polar surface area (TPSA) is 24.9 Å². The summed E-state index contributed by atoms with van der Waals surface area (Å²) in [4.78, 5) is 4.47. The lowest BCUT2D eigenvalue weighted by Crippen LogP contribution is -2.23. The molecular weight excluding hydrogens is 280 g/mol. The van der Waals surface area contributed by atoms with Crippen LogP contribution >= 0.6 is 11.6 Å². The average Bonchev–Trinajstić information content (AvgIpc) is 2.45. The fourth-order valence-electron chi connectivity index (χ4n) is 2.56. The van der Waals surface area contributed by atoms with E-state index in [1.807, 2.05) is 12.1 Å². The molecule has 0 aliphatic heterocycles. The van der Waals surface area contributed by atoms with Gasteiger partial charge >= 0.3 is 0 Å². The Labute approximate surface area is 132 Å². The summed E-state index contributed by atoms with van der Waals surface area (Å²) in [7, 11) is 0. The maximum atomic E-state index is 6.33. The molecule has 0 radical (unpaired) electrons. The van der Waals surface area contributed by atoms with Gasteiger partial charge in [-0.3, -0.25) is 4.98 Å². The molecule has 2 nitrogen and oxygen atoms in total. The lowest BCUT2D eigenvalue weighted by Gasteiger charge is -2.20. The molecule has 1 atom stereocenters. The van der Waals surface area contributed by atoms with E-state index in [1.54, 1.807) is 6.20 Å². The predicted molar refractivity (Wildman–Crippen MR) is 89.8 cm³/mol. The van der Waals surface area contributed by atoms with Crippen molar-refractivity contribution in [2.45, 2.75) is 33.2 Å². The molecule has 0 bridgehead atoms. The Hall–Kier alpha value is -1.38. The third-order valence-electron chi connectivity index (χ3n) is 3.40. The van der Waals surface area contributed by atoms with E-state index in [9.17, 15) is 0 Å². The van der Waals surface area contributed by atoms with Gasteiger partial charge in [0, 0.05) is 6.20 Å². The molecule has 0 aliphatic carbocycles. The second kappa shape index (κ2) is 7.58. The van der Waals surface area contributed by atoms with Crippen molar-refractivity contribution in [3.05, 3.63) is 64.4 Å². The summed E-state index contributed by atoms with van der Waals surface area (Å²) >= 11 is 6.33. The molecule has 1 N–H and O–H groups in total. The smallest absolute Gasteiger partial charge is 0.0804 e. The molecule has 2 aromatic rings. The fraction of sp³-hybridized carbons (Fsp3) is 0.389. The Morgan fingerprint density at radius 3 is 2.67 bits per heavy atom. The highest BCUT2D eigenvalue weighted by Crippen LogP contribution is 2.27. The normalized spacial score (nSPS) is 12.6. The second-order valence-corrected chi connectivity index (χ2v) is 6.11. The number of rotatable bonds is 6. The van der Waals surface area contributed by atoms with Crippen LogP contribution in [0.3, 0.4) is 0 Å². The zero-order valence-corrected chi connectivity index (χ0v) is 13.7. The first-order chi connectivity index (χ1) is 10.1. The average molecular weight is 303 g/mol. The van der Waals surface area contributed by atoms with E-state index in [1.165, 1.54) is 11.1 Å². The Morgan fingerprint density at radius 2 is 2.00 bits per heavy atom. The van der Waals surface area contributed by atoms with Crippen molar-refractivity contribution >= 4 is 11.6 Å². The van der Waals surface area contributed by atoms with Crippen LogP contribution in [0, 0.1) is 5.92 Å². The number of hydrogen-bond acceptors (Lipinski definition) is 2. The van der Waals surface area contributed by atoms with Crippen molar-refractivity contribution in [2.75, 3.05) is 6.54 Å². The van der Waals surface area contributed by atoms with Crippen LogP contribution < -0.4 is 5.32 Å². The molecule has 1 unspecified atom stereocenters. The minimum Gasteiger partial charge on any atom is -0.305 e. The lowest BCUT2D eigenvalue weighted by atomic mass is 9.96. The van der Waals surface area contributed by atoms with Crippen LogP contribution in [0.25, 0.3) is 0 Å². The molecule has 0 amide bonds. The monoisotopic (exact) mass is 302 g/mol. The largest absolute Gasteiger partial charge is 0.305 e. The summed E-state index contributed by atoms with van der Waals surface area (Å²) in [5.41, 5.74) is 3.47. The molecule has 0 aliphatic rings. The molecular formula is C18H23ClN2. The Bertz CT molecular complexity index is 581. The van der Waals surface area contributed by atoms with E-state index in [-0.39, 0.29) is 6.04 Å². The van der Waals surface area contributed by atoms with Gasteiger partial charge in [0.05, 0.1) is 16.8 Å². The molecule has 3 heteroatoms. The third-order valence-corrected chi connectivity index (χ3v) is 3.72. The van der Waals surface area contributed by atoms with Gasteiger partial charge < -0.3 is 5.32 Å². The van der Waals surface area contributed by atoms with Crippen molar-refractivity contribution in [1.29, 1.82) is 0 Å². The zero-order chi connectivity index (χ0) is 15.2. The summed E-state index contributed by atoms with van der Waals surface area (Å²) in [5.74, 6) is 0.649. The van der Waals surface area contributed by atoms with E-state index >= 15 is 0 Å². The second-order valence-electron chi connectivity index (χ2n) is 5.70. The molecule has 1 aromatic carbocycles. The molecule has 0 saturated heterocycles. The molecule has 2 rings (SSSR count). The summed E-state index contributed by atoms with van der Waals surface area (Å²) in [6, 6.07) is 12.5. The molecule has 1 heterocycles. The maximum Gasteiger partial charge on any atom is 0.0804 e. The van der Waals surface area contributed by atoms with Gasteiger partial charge in [-0.2, -0.15) is 0 Å². The molecule has 0 fully saturated rings. The van der Waals surface area contributed by atoms with Crippen LogP contribution in [0.5, 0.6) is 0 Å². The highest BCUT2D eigenvalue weighted by Gasteiger charge is 2.17. The number of nitrogens with one attached hydrogen (secondary N) is 1. The van der Waals surface area contributed by atoms with Gasteiger partial charge in [0.2, 0.25) is 0 Å². The first kappa shape index (κ1) is 16.0. The highest BCUT2D eigenvalue weighted by atomic mass is 35.5. The highest BCUT2D eigenvalue weighted by molar-refractivity contribution is 6.31. The molecule has 0 spiro atoms. The van der Waals surface area contributed by atoms with Crippen LogP contribution in [0.1, 0.15) is 43.6 Å². The fourth-order valence-corrected chi connectivity index (χ4v) is 2.79. The number of benzene rings is 1. The van der Waals surface area contributed by atoms with Crippen LogP contribution in [-0.2, 0) is 6.42 Å². The number of nitrogens with zero attached hydrogens (tertiary/aromatic N) is 1. The van der Waals surface area contributed by atoms with Crippen LogP contribution in [0.4, 0.5) is 0 Å². The number of aromatic nitrogens is 1. The SMILES string of the molecule is CCNC(c1cccc(CC(C)C)c1)c1ncccc1Cl. The van der Waals surface area contributed by atoms with Gasteiger partial charge in [-0.15, -0.1) is 0 Å². The van der Waals surface area contributed by atoms with Gasteiger partial charge in [-0.05, 0) is 42.1 Å². The molecule has 0 saturated carbocycles. The summed E-state index contributed by atoms with van der Waals surface area (Å²) in [6.45, 7) is 7.45. The third kappa shape index (κ3) is 4.29. The first-order valence-corrected chi connectivity index (χ1v) is 7.92. The van der Waals surface area contributed by atoms with E-state index < -0.39 is 0 Å². The van der Waals surface area contributed by atoms with E-state index in [0.29, 0.717) is 10.9 Å². The molecule has 21 heavy (non-hydrogen) atoms. The van der Waals surface area contributed by atoms with Gasteiger partial charge in [0.15, 0.2) is 0 Å². The van der Waals surface area contributed by atoms with E-state index in [0.717, 1.165) is 18.7 Å². The predicted octanol–water partition coefficient (Wildman–Crippen LogP) is 4.63.